The van der Waals surface area contributed by atoms with Crippen molar-refractivity contribution in [2.45, 2.75) is 31.7 Å². The molecule has 0 radical (unpaired) electrons. The summed E-state index contributed by atoms with van der Waals surface area (Å²) in [6.45, 7) is 2.01. The molecule has 0 atom stereocenters. The van der Waals surface area contributed by atoms with E-state index >= 15 is 0 Å². The van der Waals surface area contributed by atoms with Gasteiger partial charge in [-0.2, -0.15) is 0 Å². The summed E-state index contributed by atoms with van der Waals surface area (Å²) in [5.41, 5.74) is 2.36. The molecule has 5 heteroatoms. The van der Waals surface area contributed by atoms with Crippen LogP contribution >= 0.6 is 0 Å². The standard InChI is InChI=1S/C18H21N3O2/c1-21(18-10-15(19-12-20-18)14-3-2-4-14)11-13-5-6-16-17(9-13)23-8-7-22-16/h5-6,9-10,12,14H,2-4,7-8,11H2,1H3. The van der Waals surface area contributed by atoms with Crippen LogP contribution in [0.1, 0.15) is 36.4 Å². The lowest BCUT2D eigenvalue weighted by Crippen LogP contribution is -2.20. The molecule has 2 heterocycles. The lowest BCUT2D eigenvalue weighted by atomic mass is 9.83. The Bertz CT molecular complexity index is 700. The summed E-state index contributed by atoms with van der Waals surface area (Å²) in [4.78, 5) is 11.0. The molecule has 0 unspecified atom stereocenters. The second-order valence-electron chi connectivity index (χ2n) is 6.26. The summed E-state index contributed by atoms with van der Waals surface area (Å²) in [5.74, 6) is 3.26. The molecule has 1 saturated carbocycles. The third-order valence-corrected chi connectivity index (χ3v) is 4.61. The summed E-state index contributed by atoms with van der Waals surface area (Å²) in [5, 5.41) is 0. The Labute approximate surface area is 136 Å². The first kappa shape index (κ1) is 14.3. The molecule has 1 aromatic heterocycles. The molecule has 0 amide bonds. The SMILES string of the molecule is CN(Cc1ccc2c(c1)OCCO2)c1cc(C2CCC2)ncn1. The second-order valence-corrected chi connectivity index (χ2v) is 6.26. The van der Waals surface area contributed by atoms with Crippen molar-refractivity contribution in [2.24, 2.45) is 0 Å². The topological polar surface area (TPSA) is 47.5 Å². The van der Waals surface area contributed by atoms with Crippen molar-refractivity contribution in [3.8, 4) is 11.5 Å². The smallest absolute Gasteiger partial charge is 0.161 e. The number of nitrogens with zero attached hydrogens (tertiary/aromatic N) is 3. The molecule has 5 nitrogen and oxygen atoms in total. The predicted molar refractivity (Wildman–Crippen MR) is 88.2 cm³/mol. The van der Waals surface area contributed by atoms with Crippen LogP contribution in [0, 0.1) is 0 Å². The molecule has 1 aliphatic carbocycles. The molecule has 0 N–H and O–H groups in total. The van der Waals surface area contributed by atoms with Crippen LogP contribution in [0.25, 0.3) is 0 Å². The first-order valence-corrected chi connectivity index (χ1v) is 8.21. The lowest BCUT2D eigenvalue weighted by molar-refractivity contribution is 0.171. The molecule has 1 aliphatic heterocycles. The van der Waals surface area contributed by atoms with Gasteiger partial charge < -0.3 is 14.4 Å². The summed E-state index contributed by atoms with van der Waals surface area (Å²) in [7, 11) is 2.06. The van der Waals surface area contributed by atoms with E-state index in [1.807, 2.05) is 6.07 Å². The van der Waals surface area contributed by atoms with E-state index in [2.05, 4.69) is 40.1 Å². The molecule has 23 heavy (non-hydrogen) atoms. The highest BCUT2D eigenvalue weighted by Crippen LogP contribution is 2.36. The van der Waals surface area contributed by atoms with Gasteiger partial charge in [-0.15, -0.1) is 0 Å². The Morgan fingerprint density at radius 1 is 1.09 bits per heavy atom. The van der Waals surface area contributed by atoms with Crippen molar-refractivity contribution in [1.29, 1.82) is 0 Å². The lowest BCUT2D eigenvalue weighted by Gasteiger charge is -2.26. The van der Waals surface area contributed by atoms with E-state index in [1.165, 1.54) is 30.5 Å². The van der Waals surface area contributed by atoms with Crippen LogP contribution in [0.4, 0.5) is 5.82 Å². The van der Waals surface area contributed by atoms with E-state index in [0.717, 1.165) is 23.9 Å². The van der Waals surface area contributed by atoms with Gasteiger partial charge in [0.2, 0.25) is 0 Å². The zero-order chi connectivity index (χ0) is 15.6. The highest BCUT2D eigenvalue weighted by atomic mass is 16.6. The average molecular weight is 311 g/mol. The van der Waals surface area contributed by atoms with Gasteiger partial charge in [-0.1, -0.05) is 12.5 Å². The van der Waals surface area contributed by atoms with Crippen LogP contribution < -0.4 is 14.4 Å². The molecule has 0 spiro atoms. The Kier molecular flexibility index (Phi) is 3.77. The van der Waals surface area contributed by atoms with Gasteiger partial charge in [0.15, 0.2) is 11.5 Å². The number of benzene rings is 1. The first-order valence-electron chi connectivity index (χ1n) is 8.21. The number of ether oxygens (including phenoxy) is 2. The zero-order valence-electron chi connectivity index (χ0n) is 13.4. The van der Waals surface area contributed by atoms with Gasteiger partial charge in [0.05, 0.1) is 0 Å². The fourth-order valence-corrected chi connectivity index (χ4v) is 3.04. The molecule has 0 saturated heterocycles. The van der Waals surface area contributed by atoms with Crippen molar-refractivity contribution in [2.75, 3.05) is 25.2 Å². The molecule has 1 fully saturated rings. The van der Waals surface area contributed by atoms with Crippen LogP contribution in [0.2, 0.25) is 0 Å². The van der Waals surface area contributed by atoms with E-state index in [1.54, 1.807) is 6.33 Å². The van der Waals surface area contributed by atoms with Gasteiger partial charge in [0, 0.05) is 31.3 Å². The second kappa shape index (κ2) is 6.07. The minimum atomic E-state index is 0.614. The van der Waals surface area contributed by atoms with Crippen LogP contribution in [0.5, 0.6) is 11.5 Å². The Hall–Kier alpha value is -2.30. The minimum Gasteiger partial charge on any atom is -0.486 e. The highest BCUT2D eigenvalue weighted by molar-refractivity contribution is 5.46. The molecule has 4 rings (SSSR count). The summed E-state index contributed by atoms with van der Waals surface area (Å²) in [6, 6.07) is 8.25. The highest BCUT2D eigenvalue weighted by Gasteiger charge is 2.21. The maximum atomic E-state index is 5.65. The first-order chi connectivity index (χ1) is 11.3. The number of hydrogen-bond donors (Lipinski definition) is 0. The van der Waals surface area contributed by atoms with Crippen molar-refractivity contribution in [1.82, 2.24) is 9.97 Å². The third kappa shape index (κ3) is 2.96. The van der Waals surface area contributed by atoms with Gasteiger partial charge >= 0.3 is 0 Å². The van der Waals surface area contributed by atoms with E-state index in [9.17, 15) is 0 Å². The normalized spacial score (nSPS) is 16.7. The third-order valence-electron chi connectivity index (χ3n) is 4.61. The van der Waals surface area contributed by atoms with Crippen molar-refractivity contribution in [3.05, 3.63) is 41.9 Å². The average Bonchev–Trinajstić information content (AvgIpc) is 2.53. The van der Waals surface area contributed by atoms with Crippen molar-refractivity contribution >= 4 is 5.82 Å². The van der Waals surface area contributed by atoms with Gasteiger partial charge in [-0.25, -0.2) is 9.97 Å². The summed E-state index contributed by atoms with van der Waals surface area (Å²) in [6.07, 6.45) is 5.50. The monoisotopic (exact) mass is 311 g/mol. The summed E-state index contributed by atoms with van der Waals surface area (Å²) >= 11 is 0. The molecule has 2 aromatic rings. The number of fused-ring (bicyclic) bond motifs is 1. The zero-order valence-corrected chi connectivity index (χ0v) is 13.4. The molecule has 0 bridgehead atoms. The van der Waals surface area contributed by atoms with Crippen LogP contribution in [-0.4, -0.2) is 30.2 Å². The molecule has 1 aromatic carbocycles. The fourth-order valence-electron chi connectivity index (χ4n) is 3.04. The van der Waals surface area contributed by atoms with E-state index in [0.29, 0.717) is 19.1 Å². The minimum absolute atomic E-state index is 0.614. The Morgan fingerprint density at radius 2 is 1.91 bits per heavy atom. The fraction of sp³-hybridized carbons (Fsp3) is 0.444. The predicted octanol–water partition coefficient (Wildman–Crippen LogP) is 3.15. The number of anilines is 1. The van der Waals surface area contributed by atoms with Gasteiger partial charge in [-0.3, -0.25) is 0 Å². The van der Waals surface area contributed by atoms with Gasteiger partial charge in [-0.05, 0) is 30.5 Å². The Balaban J connectivity index is 1.50. The van der Waals surface area contributed by atoms with Crippen LogP contribution in [-0.2, 0) is 6.54 Å². The van der Waals surface area contributed by atoms with E-state index < -0.39 is 0 Å². The quantitative estimate of drug-likeness (QED) is 0.868. The van der Waals surface area contributed by atoms with Crippen LogP contribution in [0.15, 0.2) is 30.6 Å². The number of hydrogen-bond acceptors (Lipinski definition) is 5. The van der Waals surface area contributed by atoms with E-state index in [4.69, 9.17) is 9.47 Å². The van der Waals surface area contributed by atoms with E-state index in [-0.39, 0.29) is 0 Å². The van der Waals surface area contributed by atoms with Crippen LogP contribution in [0.3, 0.4) is 0 Å². The molecular formula is C18H21N3O2. The summed E-state index contributed by atoms with van der Waals surface area (Å²) < 4.78 is 11.2. The maximum absolute atomic E-state index is 5.65. The van der Waals surface area contributed by atoms with Gasteiger partial charge in [0.25, 0.3) is 0 Å². The maximum Gasteiger partial charge on any atom is 0.161 e. The molecular weight excluding hydrogens is 290 g/mol. The van der Waals surface area contributed by atoms with Crippen molar-refractivity contribution in [3.63, 3.8) is 0 Å². The molecule has 120 valence electrons. The van der Waals surface area contributed by atoms with Gasteiger partial charge in [0.1, 0.15) is 25.4 Å². The van der Waals surface area contributed by atoms with Crippen molar-refractivity contribution < 1.29 is 9.47 Å². The largest absolute Gasteiger partial charge is 0.486 e. The number of aromatic nitrogens is 2. The Morgan fingerprint density at radius 3 is 2.70 bits per heavy atom. The number of rotatable bonds is 4. The molecule has 2 aliphatic rings.